The van der Waals surface area contributed by atoms with Crippen molar-refractivity contribution < 1.29 is 0 Å². The molecule has 0 aliphatic heterocycles. The van der Waals surface area contributed by atoms with Gasteiger partial charge < -0.3 is 5.73 Å². The summed E-state index contributed by atoms with van der Waals surface area (Å²) in [6.45, 7) is 8.87. The van der Waals surface area contributed by atoms with Gasteiger partial charge in [0.2, 0.25) is 0 Å². The highest BCUT2D eigenvalue weighted by Crippen LogP contribution is 2.29. The molecule has 0 radical (unpaired) electrons. The highest BCUT2D eigenvalue weighted by atomic mass is 35.5. The molecule has 0 aliphatic carbocycles. The quantitative estimate of drug-likeness (QED) is 0.856. The van der Waals surface area contributed by atoms with E-state index in [1.165, 1.54) is 0 Å². The largest absolute Gasteiger partial charge is 0.383 e. The molecule has 4 heteroatoms. The molecule has 1 aromatic heterocycles. The zero-order valence-electron chi connectivity index (χ0n) is 10.6. The number of hydrogen-bond acceptors (Lipinski definition) is 2. The minimum absolute atomic E-state index is 0.354. The maximum absolute atomic E-state index is 5.94. The molecule has 0 saturated heterocycles. The van der Waals surface area contributed by atoms with Crippen molar-refractivity contribution in [2.75, 3.05) is 5.73 Å². The van der Waals surface area contributed by atoms with Crippen LogP contribution in [0.4, 0.5) is 5.82 Å². The van der Waals surface area contributed by atoms with Gasteiger partial charge in [0.15, 0.2) is 0 Å². The fourth-order valence-corrected chi connectivity index (χ4v) is 2.16. The van der Waals surface area contributed by atoms with Crippen molar-refractivity contribution in [1.82, 2.24) is 9.78 Å². The molecule has 0 unspecified atom stereocenters. The van der Waals surface area contributed by atoms with Gasteiger partial charge in [0.05, 0.1) is 12.2 Å². The number of hydrogen-bond donors (Lipinski definition) is 1. The van der Waals surface area contributed by atoms with E-state index in [-0.39, 0.29) is 0 Å². The van der Waals surface area contributed by atoms with Crippen LogP contribution >= 0.6 is 11.6 Å². The fourth-order valence-electron chi connectivity index (χ4n) is 2.03. The lowest BCUT2D eigenvalue weighted by molar-refractivity contribution is 0.320. The van der Waals surface area contributed by atoms with Crippen molar-refractivity contribution in [2.45, 2.75) is 46.6 Å². The van der Waals surface area contributed by atoms with Crippen LogP contribution < -0.4 is 5.73 Å². The van der Waals surface area contributed by atoms with Crippen molar-refractivity contribution in [3.8, 4) is 0 Å². The van der Waals surface area contributed by atoms with Crippen molar-refractivity contribution in [2.24, 2.45) is 11.8 Å². The second kappa shape index (κ2) is 5.58. The van der Waals surface area contributed by atoms with Crippen molar-refractivity contribution in [3.05, 3.63) is 11.2 Å². The molecule has 2 N–H and O–H groups in total. The number of anilines is 1. The van der Waals surface area contributed by atoms with Crippen LogP contribution in [0.2, 0.25) is 5.02 Å². The summed E-state index contributed by atoms with van der Waals surface area (Å²) < 4.78 is 1.88. The third-order valence-electron chi connectivity index (χ3n) is 2.62. The normalized spacial score (nSPS) is 12.0. The SMILES string of the molecule is CC(C)CC(CC(C)C)n1ncc(Cl)c1N. The predicted molar refractivity (Wildman–Crippen MR) is 69.6 cm³/mol. The summed E-state index contributed by atoms with van der Waals surface area (Å²) in [6.07, 6.45) is 3.80. The van der Waals surface area contributed by atoms with Gasteiger partial charge in [0.1, 0.15) is 10.8 Å². The summed E-state index contributed by atoms with van der Waals surface area (Å²) in [5.41, 5.74) is 5.92. The molecule has 0 aliphatic rings. The van der Waals surface area contributed by atoms with Gasteiger partial charge in [0, 0.05) is 0 Å². The van der Waals surface area contributed by atoms with Crippen molar-refractivity contribution >= 4 is 17.4 Å². The van der Waals surface area contributed by atoms with E-state index in [0.29, 0.717) is 28.7 Å². The molecule has 16 heavy (non-hydrogen) atoms. The summed E-state index contributed by atoms with van der Waals surface area (Å²) in [5.74, 6) is 1.85. The number of aromatic nitrogens is 2. The zero-order chi connectivity index (χ0) is 12.3. The second-order valence-electron chi connectivity index (χ2n) is 5.24. The maximum Gasteiger partial charge on any atom is 0.140 e. The lowest BCUT2D eigenvalue weighted by atomic mass is 9.96. The van der Waals surface area contributed by atoms with Crippen LogP contribution in [-0.2, 0) is 0 Å². The maximum atomic E-state index is 5.94. The lowest BCUT2D eigenvalue weighted by Crippen LogP contribution is -2.17. The number of nitrogen functional groups attached to an aromatic ring is 1. The molecular formula is C12H22ClN3. The van der Waals surface area contributed by atoms with E-state index in [0.717, 1.165) is 12.8 Å². The Labute approximate surface area is 103 Å². The van der Waals surface area contributed by atoms with Gasteiger partial charge in [-0.05, 0) is 24.7 Å². The smallest absolute Gasteiger partial charge is 0.140 e. The minimum atomic E-state index is 0.354. The van der Waals surface area contributed by atoms with Crippen LogP contribution in [0, 0.1) is 11.8 Å². The Morgan fingerprint density at radius 2 is 1.75 bits per heavy atom. The first-order chi connectivity index (χ1) is 7.41. The van der Waals surface area contributed by atoms with Gasteiger partial charge >= 0.3 is 0 Å². The zero-order valence-corrected chi connectivity index (χ0v) is 11.3. The Morgan fingerprint density at radius 3 is 2.06 bits per heavy atom. The molecule has 0 saturated carbocycles. The van der Waals surface area contributed by atoms with Gasteiger partial charge in [-0.25, -0.2) is 4.68 Å². The Balaban J connectivity index is 2.87. The first-order valence-electron chi connectivity index (χ1n) is 5.90. The highest BCUT2D eigenvalue weighted by Gasteiger charge is 2.18. The summed E-state index contributed by atoms with van der Waals surface area (Å²) in [5, 5.41) is 4.83. The number of halogens is 1. The summed E-state index contributed by atoms with van der Waals surface area (Å²) >= 11 is 5.94. The van der Waals surface area contributed by atoms with Crippen LogP contribution in [0.25, 0.3) is 0 Å². The molecule has 0 atom stereocenters. The van der Waals surface area contributed by atoms with Crippen LogP contribution in [0.3, 0.4) is 0 Å². The van der Waals surface area contributed by atoms with Gasteiger partial charge in [-0.15, -0.1) is 0 Å². The first kappa shape index (κ1) is 13.4. The molecule has 1 rings (SSSR count). The van der Waals surface area contributed by atoms with Crippen molar-refractivity contribution in [3.63, 3.8) is 0 Å². The van der Waals surface area contributed by atoms with Crippen LogP contribution in [0.15, 0.2) is 6.20 Å². The Bertz CT molecular complexity index is 321. The van der Waals surface area contributed by atoms with E-state index in [4.69, 9.17) is 17.3 Å². The molecule has 0 spiro atoms. The molecule has 0 amide bonds. The number of nitrogens with zero attached hydrogens (tertiary/aromatic N) is 2. The van der Waals surface area contributed by atoms with Gasteiger partial charge in [-0.3, -0.25) is 0 Å². The van der Waals surface area contributed by atoms with Gasteiger partial charge in [-0.1, -0.05) is 39.3 Å². The van der Waals surface area contributed by atoms with E-state index < -0.39 is 0 Å². The van der Waals surface area contributed by atoms with Crippen LogP contribution in [-0.4, -0.2) is 9.78 Å². The molecular weight excluding hydrogens is 222 g/mol. The summed E-state index contributed by atoms with van der Waals surface area (Å²) in [7, 11) is 0. The molecule has 92 valence electrons. The van der Waals surface area contributed by atoms with E-state index in [9.17, 15) is 0 Å². The molecule has 3 nitrogen and oxygen atoms in total. The fraction of sp³-hybridized carbons (Fsp3) is 0.750. The Morgan fingerprint density at radius 1 is 1.25 bits per heavy atom. The van der Waals surface area contributed by atoms with Gasteiger partial charge in [0.25, 0.3) is 0 Å². The molecule has 0 aromatic carbocycles. The molecule has 0 bridgehead atoms. The predicted octanol–water partition coefficient (Wildman–Crippen LogP) is 3.75. The van der Waals surface area contributed by atoms with Gasteiger partial charge in [-0.2, -0.15) is 5.10 Å². The summed E-state index contributed by atoms with van der Waals surface area (Å²) in [6, 6.07) is 0.354. The second-order valence-corrected chi connectivity index (χ2v) is 5.64. The van der Waals surface area contributed by atoms with E-state index in [1.54, 1.807) is 6.20 Å². The third kappa shape index (κ3) is 3.41. The number of nitrogens with two attached hydrogens (primary N) is 1. The topological polar surface area (TPSA) is 43.8 Å². The van der Waals surface area contributed by atoms with E-state index in [2.05, 4.69) is 32.8 Å². The Kier molecular flexibility index (Phi) is 4.66. The average Bonchev–Trinajstić information content (AvgIpc) is 2.45. The lowest BCUT2D eigenvalue weighted by Gasteiger charge is -2.22. The minimum Gasteiger partial charge on any atom is -0.383 e. The average molecular weight is 244 g/mol. The third-order valence-corrected chi connectivity index (χ3v) is 2.91. The molecule has 0 fully saturated rings. The van der Waals surface area contributed by atoms with Crippen LogP contribution in [0.1, 0.15) is 46.6 Å². The molecule has 1 aromatic rings. The standard InChI is InChI=1S/C12H22ClN3/c1-8(2)5-10(6-9(3)4)16-12(14)11(13)7-15-16/h7-10H,5-6,14H2,1-4H3. The number of rotatable bonds is 5. The van der Waals surface area contributed by atoms with Crippen LogP contribution in [0.5, 0.6) is 0 Å². The van der Waals surface area contributed by atoms with E-state index >= 15 is 0 Å². The van der Waals surface area contributed by atoms with E-state index in [1.807, 2.05) is 4.68 Å². The van der Waals surface area contributed by atoms with Crippen molar-refractivity contribution in [1.29, 1.82) is 0 Å². The highest BCUT2D eigenvalue weighted by molar-refractivity contribution is 6.32. The molecule has 1 heterocycles. The Hall–Kier alpha value is -0.700. The first-order valence-corrected chi connectivity index (χ1v) is 6.28. The summed E-state index contributed by atoms with van der Waals surface area (Å²) in [4.78, 5) is 0. The monoisotopic (exact) mass is 243 g/mol.